The van der Waals surface area contributed by atoms with E-state index < -0.39 is 12.1 Å². The minimum absolute atomic E-state index is 0.119. The second-order valence-electron chi connectivity index (χ2n) is 8.79. The van der Waals surface area contributed by atoms with E-state index in [4.69, 9.17) is 28.4 Å². The van der Waals surface area contributed by atoms with E-state index in [0.717, 1.165) is 35.1 Å². The predicted molar refractivity (Wildman–Crippen MR) is 128 cm³/mol. The summed E-state index contributed by atoms with van der Waals surface area (Å²) in [5.74, 6) is 3.12. The van der Waals surface area contributed by atoms with Crippen LogP contribution in [0.5, 0.6) is 28.7 Å². The second kappa shape index (κ2) is 9.73. The maximum Gasteiger partial charge on any atom is 0.318 e. The maximum atomic E-state index is 13.4. The zero-order valence-electron chi connectivity index (χ0n) is 20.6. The zero-order valence-corrected chi connectivity index (χ0v) is 20.6. The molecule has 9 nitrogen and oxygen atoms in total. The van der Waals surface area contributed by atoms with Gasteiger partial charge in [0.15, 0.2) is 23.0 Å². The summed E-state index contributed by atoms with van der Waals surface area (Å²) in [6.07, 6.45) is 2.17. The Morgan fingerprint density at radius 3 is 2.71 bits per heavy atom. The normalized spacial score (nSPS) is 19.7. The molecule has 0 aliphatic carbocycles. The van der Waals surface area contributed by atoms with Crippen LogP contribution in [0.1, 0.15) is 54.2 Å². The van der Waals surface area contributed by atoms with Gasteiger partial charge < -0.3 is 38.6 Å². The van der Waals surface area contributed by atoms with Gasteiger partial charge in [0.25, 0.3) is 0 Å². The van der Waals surface area contributed by atoms with E-state index in [-0.39, 0.29) is 12.8 Å². The van der Waals surface area contributed by atoms with Gasteiger partial charge in [-0.2, -0.15) is 0 Å². The Kier molecular flexibility index (Phi) is 6.51. The van der Waals surface area contributed by atoms with Crippen molar-refractivity contribution in [2.75, 3.05) is 41.2 Å². The average Bonchev–Trinajstić information content (AvgIpc) is 3.53. The number of benzene rings is 2. The van der Waals surface area contributed by atoms with Gasteiger partial charge in [-0.25, -0.2) is 4.79 Å². The molecule has 2 amide bonds. The lowest BCUT2D eigenvalue weighted by molar-refractivity contribution is -0.000254. The summed E-state index contributed by atoms with van der Waals surface area (Å²) < 4.78 is 34.9. The molecule has 5 rings (SSSR count). The standard InChI is InChI=1S/C26H32N2O7/c1-5-6-10-27-26(29)28-11-9-15-12-19-24(35-14-34-19)25(32-4)20(15)21(28)23-16-7-8-18(30-2)22(31-3)17(16)13-33-23/h7-8,12,21,23H,5-6,9-11,13-14H2,1-4H3,(H,27,29)/t21-,23+/m1/s1. The summed E-state index contributed by atoms with van der Waals surface area (Å²) in [6, 6.07) is 5.33. The molecule has 2 aromatic carbocycles. The van der Waals surface area contributed by atoms with E-state index in [2.05, 4.69) is 12.2 Å². The average molecular weight is 485 g/mol. The highest BCUT2D eigenvalue weighted by Crippen LogP contribution is 2.55. The molecular weight excluding hydrogens is 452 g/mol. The minimum atomic E-state index is -0.427. The molecule has 0 spiro atoms. The molecule has 0 bridgehead atoms. The summed E-state index contributed by atoms with van der Waals surface area (Å²) in [6.45, 7) is 3.76. The van der Waals surface area contributed by atoms with Gasteiger partial charge in [-0.15, -0.1) is 0 Å². The fourth-order valence-corrected chi connectivity index (χ4v) is 5.31. The number of fused-ring (bicyclic) bond motifs is 3. The highest BCUT2D eigenvalue weighted by Gasteiger charge is 2.45. The van der Waals surface area contributed by atoms with Crippen molar-refractivity contribution in [3.8, 4) is 28.7 Å². The summed E-state index contributed by atoms with van der Waals surface area (Å²) in [5.41, 5.74) is 3.84. The first-order valence-corrected chi connectivity index (χ1v) is 12.0. The number of nitrogens with one attached hydrogen (secondary N) is 1. The number of methoxy groups -OCH3 is 3. The van der Waals surface area contributed by atoms with E-state index in [9.17, 15) is 4.79 Å². The molecule has 3 aliphatic rings. The van der Waals surface area contributed by atoms with Gasteiger partial charge in [0.1, 0.15) is 6.10 Å². The van der Waals surface area contributed by atoms with Crippen molar-refractivity contribution < 1.29 is 33.2 Å². The number of hydrogen-bond donors (Lipinski definition) is 1. The summed E-state index contributed by atoms with van der Waals surface area (Å²) in [4.78, 5) is 15.3. The fourth-order valence-electron chi connectivity index (χ4n) is 5.31. The Bertz CT molecular complexity index is 1120. The topological polar surface area (TPSA) is 87.7 Å². The van der Waals surface area contributed by atoms with Gasteiger partial charge in [-0.1, -0.05) is 19.4 Å². The summed E-state index contributed by atoms with van der Waals surface area (Å²) in [7, 11) is 4.86. The SMILES string of the molecule is CCCCNC(=O)N1CCc2cc3c(c(OC)c2[C@@H]1[C@H]1OCc2c1ccc(OC)c2OC)OCO3. The van der Waals surface area contributed by atoms with Crippen molar-refractivity contribution in [3.05, 3.63) is 40.5 Å². The molecule has 0 saturated carbocycles. The van der Waals surface area contributed by atoms with Crippen molar-refractivity contribution in [2.24, 2.45) is 0 Å². The summed E-state index contributed by atoms with van der Waals surface area (Å²) >= 11 is 0. The number of unbranched alkanes of at least 4 members (excludes halogenated alkanes) is 1. The van der Waals surface area contributed by atoms with Gasteiger partial charge in [0.05, 0.1) is 34.0 Å². The van der Waals surface area contributed by atoms with Crippen LogP contribution < -0.4 is 29.0 Å². The third-order valence-electron chi connectivity index (χ3n) is 6.95. The molecule has 1 N–H and O–H groups in total. The Labute approximate surface area is 205 Å². The molecule has 0 radical (unpaired) electrons. The molecule has 0 unspecified atom stereocenters. The Morgan fingerprint density at radius 2 is 1.97 bits per heavy atom. The molecule has 35 heavy (non-hydrogen) atoms. The highest BCUT2D eigenvalue weighted by molar-refractivity contribution is 5.76. The van der Waals surface area contributed by atoms with Crippen molar-refractivity contribution in [1.29, 1.82) is 0 Å². The molecule has 2 aromatic rings. The van der Waals surface area contributed by atoms with E-state index in [1.165, 1.54) is 0 Å². The number of amides is 2. The van der Waals surface area contributed by atoms with Crippen molar-refractivity contribution in [1.82, 2.24) is 10.2 Å². The zero-order chi connectivity index (χ0) is 24.5. The van der Waals surface area contributed by atoms with Crippen LogP contribution in [-0.2, 0) is 17.8 Å². The van der Waals surface area contributed by atoms with Crippen molar-refractivity contribution >= 4 is 6.03 Å². The quantitative estimate of drug-likeness (QED) is 0.592. The smallest absolute Gasteiger partial charge is 0.318 e. The summed E-state index contributed by atoms with van der Waals surface area (Å²) in [5, 5.41) is 3.08. The number of hydrogen-bond acceptors (Lipinski definition) is 7. The van der Waals surface area contributed by atoms with Crippen LogP contribution in [0, 0.1) is 0 Å². The van der Waals surface area contributed by atoms with Crippen LogP contribution in [0.4, 0.5) is 4.79 Å². The van der Waals surface area contributed by atoms with E-state index in [0.29, 0.717) is 54.9 Å². The second-order valence-corrected chi connectivity index (χ2v) is 8.79. The molecule has 9 heteroatoms. The lowest BCUT2D eigenvalue weighted by Crippen LogP contribution is -2.47. The molecular formula is C26H32N2O7. The number of carbonyl (C=O) groups is 1. The molecule has 3 aliphatic heterocycles. The van der Waals surface area contributed by atoms with Crippen molar-refractivity contribution in [2.45, 2.75) is 44.9 Å². The third-order valence-corrected chi connectivity index (χ3v) is 6.95. The Morgan fingerprint density at radius 1 is 1.14 bits per heavy atom. The molecule has 0 aromatic heterocycles. The van der Waals surface area contributed by atoms with E-state index >= 15 is 0 Å². The van der Waals surface area contributed by atoms with Crippen LogP contribution in [-0.4, -0.2) is 52.1 Å². The highest BCUT2D eigenvalue weighted by atomic mass is 16.7. The first-order valence-electron chi connectivity index (χ1n) is 12.0. The Balaban J connectivity index is 1.63. The molecule has 188 valence electrons. The van der Waals surface area contributed by atoms with Gasteiger partial charge in [0, 0.05) is 24.2 Å². The van der Waals surface area contributed by atoms with Crippen molar-refractivity contribution in [3.63, 3.8) is 0 Å². The van der Waals surface area contributed by atoms with Crippen LogP contribution in [0.15, 0.2) is 18.2 Å². The Hall–Kier alpha value is -3.33. The lowest BCUT2D eigenvalue weighted by Gasteiger charge is -2.41. The molecule has 0 saturated heterocycles. The van der Waals surface area contributed by atoms with Gasteiger partial charge in [-0.05, 0) is 36.1 Å². The first kappa shape index (κ1) is 23.4. The van der Waals surface area contributed by atoms with Gasteiger partial charge in [0.2, 0.25) is 12.5 Å². The molecule has 3 heterocycles. The maximum absolute atomic E-state index is 13.4. The molecule has 0 fully saturated rings. The molecule has 2 atom stereocenters. The number of nitrogens with zero attached hydrogens (tertiary/aromatic N) is 1. The van der Waals surface area contributed by atoms with Gasteiger partial charge >= 0.3 is 6.03 Å². The largest absolute Gasteiger partial charge is 0.493 e. The first-order chi connectivity index (χ1) is 17.1. The van der Waals surface area contributed by atoms with Crippen LogP contribution in [0.3, 0.4) is 0 Å². The monoisotopic (exact) mass is 484 g/mol. The van der Waals surface area contributed by atoms with Crippen LogP contribution in [0.2, 0.25) is 0 Å². The van der Waals surface area contributed by atoms with Crippen LogP contribution >= 0.6 is 0 Å². The number of rotatable bonds is 7. The fraction of sp³-hybridized carbons (Fsp3) is 0.500. The van der Waals surface area contributed by atoms with E-state index in [1.807, 2.05) is 23.1 Å². The minimum Gasteiger partial charge on any atom is -0.493 e. The predicted octanol–water partition coefficient (Wildman–Crippen LogP) is 4.12. The number of carbonyl (C=O) groups excluding carboxylic acids is 1. The van der Waals surface area contributed by atoms with Gasteiger partial charge in [-0.3, -0.25) is 0 Å². The lowest BCUT2D eigenvalue weighted by atomic mass is 9.85. The van der Waals surface area contributed by atoms with E-state index in [1.54, 1.807) is 21.3 Å². The third kappa shape index (κ3) is 3.87. The number of urea groups is 1. The number of ether oxygens (including phenoxy) is 6. The van der Waals surface area contributed by atoms with Crippen LogP contribution in [0.25, 0.3) is 0 Å².